The van der Waals surface area contributed by atoms with Gasteiger partial charge in [-0.15, -0.1) is 0 Å². The minimum Gasteiger partial charge on any atom is -0.324 e. The highest BCUT2D eigenvalue weighted by molar-refractivity contribution is 5.92. The van der Waals surface area contributed by atoms with Gasteiger partial charge in [0.1, 0.15) is 12.4 Å². The quantitative estimate of drug-likeness (QED) is 0.795. The van der Waals surface area contributed by atoms with Crippen LogP contribution in [0.4, 0.5) is 5.69 Å². The van der Waals surface area contributed by atoms with Crippen LogP contribution in [-0.4, -0.2) is 15.5 Å². The largest absolute Gasteiger partial charge is 0.324 e. The molecule has 23 heavy (non-hydrogen) atoms. The summed E-state index contributed by atoms with van der Waals surface area (Å²) in [5.41, 5.74) is 3.95. The van der Waals surface area contributed by atoms with E-state index in [4.69, 9.17) is 4.98 Å². The summed E-state index contributed by atoms with van der Waals surface area (Å²) in [6.45, 7) is 2.30. The van der Waals surface area contributed by atoms with Gasteiger partial charge in [0.2, 0.25) is 5.91 Å². The zero-order chi connectivity index (χ0) is 15.8. The van der Waals surface area contributed by atoms with Gasteiger partial charge in [0.05, 0.1) is 11.0 Å². The van der Waals surface area contributed by atoms with Gasteiger partial charge in [-0.3, -0.25) is 4.79 Å². The maximum absolute atomic E-state index is 12.5. The molecule has 1 heterocycles. The second-order valence-electron chi connectivity index (χ2n) is 6.18. The number of para-hydroxylation sites is 3. The van der Waals surface area contributed by atoms with Crippen molar-refractivity contribution >= 4 is 22.6 Å². The zero-order valence-corrected chi connectivity index (χ0v) is 13.1. The number of amides is 1. The summed E-state index contributed by atoms with van der Waals surface area (Å²) in [6.07, 6.45) is 2.34. The van der Waals surface area contributed by atoms with Crippen LogP contribution < -0.4 is 5.32 Å². The number of nitrogens with one attached hydrogen (secondary N) is 1. The maximum Gasteiger partial charge on any atom is 0.244 e. The van der Waals surface area contributed by atoms with Gasteiger partial charge in [-0.2, -0.15) is 0 Å². The van der Waals surface area contributed by atoms with Crippen molar-refractivity contribution < 1.29 is 4.79 Å². The lowest BCUT2D eigenvalue weighted by Crippen LogP contribution is -2.20. The number of imidazole rings is 1. The molecule has 4 heteroatoms. The highest BCUT2D eigenvalue weighted by Crippen LogP contribution is 2.40. The van der Waals surface area contributed by atoms with E-state index in [9.17, 15) is 4.79 Å². The highest BCUT2D eigenvalue weighted by Gasteiger charge is 2.30. The molecule has 1 N–H and O–H groups in total. The molecule has 0 saturated heterocycles. The molecule has 0 spiro atoms. The predicted octanol–water partition coefficient (Wildman–Crippen LogP) is 3.86. The molecule has 1 aliphatic rings. The normalized spacial score (nSPS) is 14.1. The molecule has 3 aromatic rings. The minimum absolute atomic E-state index is 0.00986. The first-order valence-corrected chi connectivity index (χ1v) is 8.03. The van der Waals surface area contributed by atoms with Crippen LogP contribution in [0, 0.1) is 6.92 Å². The molecule has 4 rings (SSSR count). The number of carbonyl (C=O) groups is 1. The maximum atomic E-state index is 12.5. The van der Waals surface area contributed by atoms with Crippen molar-refractivity contribution in [3.63, 3.8) is 0 Å². The first-order valence-electron chi connectivity index (χ1n) is 8.03. The molecule has 4 nitrogen and oxygen atoms in total. The van der Waals surface area contributed by atoms with Crippen molar-refractivity contribution in [3.05, 3.63) is 59.9 Å². The Kier molecular flexibility index (Phi) is 3.37. The number of aryl methyl sites for hydroxylation is 1. The standard InChI is InChI=1S/C19H19N3O/c1-13-6-2-3-7-15(13)20-18(23)12-22-17-9-5-4-8-16(17)21-19(22)14-10-11-14/h2-9,14H,10-12H2,1H3,(H,20,23). The molecular formula is C19H19N3O. The highest BCUT2D eigenvalue weighted by atomic mass is 16.1. The molecule has 0 bridgehead atoms. The number of fused-ring (bicyclic) bond motifs is 1. The van der Waals surface area contributed by atoms with Crippen molar-refractivity contribution in [2.24, 2.45) is 0 Å². The summed E-state index contributed by atoms with van der Waals surface area (Å²) in [4.78, 5) is 17.2. The van der Waals surface area contributed by atoms with E-state index in [1.54, 1.807) is 0 Å². The number of rotatable bonds is 4. The first kappa shape index (κ1) is 14.0. The van der Waals surface area contributed by atoms with Gasteiger partial charge >= 0.3 is 0 Å². The molecule has 1 aromatic heterocycles. The van der Waals surface area contributed by atoms with Gasteiger partial charge < -0.3 is 9.88 Å². The van der Waals surface area contributed by atoms with Crippen LogP contribution in [-0.2, 0) is 11.3 Å². The summed E-state index contributed by atoms with van der Waals surface area (Å²) < 4.78 is 2.07. The molecule has 0 unspecified atom stereocenters. The van der Waals surface area contributed by atoms with Crippen LogP contribution in [0.3, 0.4) is 0 Å². The van der Waals surface area contributed by atoms with Gasteiger partial charge in [-0.05, 0) is 43.5 Å². The second kappa shape index (κ2) is 5.54. The van der Waals surface area contributed by atoms with Gasteiger partial charge in [0.25, 0.3) is 0 Å². The van der Waals surface area contributed by atoms with E-state index in [0.29, 0.717) is 12.5 Å². The molecular weight excluding hydrogens is 286 g/mol. The number of anilines is 1. The van der Waals surface area contributed by atoms with Crippen LogP contribution in [0.25, 0.3) is 11.0 Å². The Labute approximate surface area is 135 Å². The molecule has 1 aliphatic carbocycles. The third kappa shape index (κ3) is 2.72. The molecule has 0 aliphatic heterocycles. The summed E-state index contributed by atoms with van der Waals surface area (Å²) in [5, 5.41) is 3.01. The van der Waals surface area contributed by atoms with Crippen molar-refractivity contribution in [1.82, 2.24) is 9.55 Å². The fourth-order valence-corrected chi connectivity index (χ4v) is 2.96. The van der Waals surface area contributed by atoms with E-state index in [1.165, 1.54) is 12.8 Å². The smallest absolute Gasteiger partial charge is 0.244 e. The third-order valence-corrected chi connectivity index (χ3v) is 4.35. The molecule has 1 fully saturated rings. The van der Waals surface area contributed by atoms with Crippen molar-refractivity contribution in [2.75, 3.05) is 5.32 Å². The lowest BCUT2D eigenvalue weighted by molar-refractivity contribution is -0.116. The van der Waals surface area contributed by atoms with Gasteiger partial charge in [-0.1, -0.05) is 30.3 Å². The van der Waals surface area contributed by atoms with E-state index >= 15 is 0 Å². The molecule has 2 aromatic carbocycles. The number of hydrogen-bond donors (Lipinski definition) is 1. The second-order valence-corrected chi connectivity index (χ2v) is 6.18. The topological polar surface area (TPSA) is 46.9 Å². The Morgan fingerprint density at radius 1 is 1.17 bits per heavy atom. The van der Waals surface area contributed by atoms with Crippen LogP contribution in [0.1, 0.15) is 30.1 Å². The Hall–Kier alpha value is -2.62. The van der Waals surface area contributed by atoms with Crippen molar-refractivity contribution in [2.45, 2.75) is 32.2 Å². The number of aromatic nitrogens is 2. The van der Waals surface area contributed by atoms with Gasteiger partial charge in [0.15, 0.2) is 0 Å². The Balaban J connectivity index is 1.63. The number of hydrogen-bond acceptors (Lipinski definition) is 2. The average Bonchev–Trinajstić information content (AvgIpc) is 3.33. The van der Waals surface area contributed by atoms with Crippen LogP contribution in [0.5, 0.6) is 0 Å². The fourth-order valence-electron chi connectivity index (χ4n) is 2.96. The van der Waals surface area contributed by atoms with E-state index in [2.05, 4.69) is 9.88 Å². The average molecular weight is 305 g/mol. The summed E-state index contributed by atoms with van der Waals surface area (Å²) >= 11 is 0. The lowest BCUT2D eigenvalue weighted by Gasteiger charge is -2.11. The monoisotopic (exact) mass is 305 g/mol. The SMILES string of the molecule is Cc1ccccc1NC(=O)Cn1c(C2CC2)nc2ccccc21. The van der Waals surface area contributed by atoms with E-state index in [-0.39, 0.29) is 5.91 Å². The number of benzene rings is 2. The summed E-state index contributed by atoms with van der Waals surface area (Å²) in [5.74, 6) is 1.55. The fraction of sp³-hybridized carbons (Fsp3) is 0.263. The van der Waals surface area contributed by atoms with Crippen LogP contribution in [0.15, 0.2) is 48.5 Å². The van der Waals surface area contributed by atoms with Crippen LogP contribution in [0.2, 0.25) is 0 Å². The molecule has 116 valence electrons. The Bertz CT molecular complexity index is 877. The first-order chi connectivity index (χ1) is 11.2. The van der Waals surface area contributed by atoms with Gasteiger partial charge in [0, 0.05) is 11.6 Å². The van der Waals surface area contributed by atoms with Crippen LogP contribution >= 0.6 is 0 Å². The summed E-state index contributed by atoms with van der Waals surface area (Å²) in [7, 11) is 0. The van der Waals surface area contributed by atoms with E-state index in [0.717, 1.165) is 28.1 Å². The Morgan fingerprint density at radius 2 is 1.91 bits per heavy atom. The Morgan fingerprint density at radius 3 is 2.70 bits per heavy atom. The summed E-state index contributed by atoms with van der Waals surface area (Å²) in [6, 6.07) is 15.9. The van der Waals surface area contributed by atoms with E-state index in [1.807, 2.05) is 55.5 Å². The predicted molar refractivity (Wildman–Crippen MR) is 91.5 cm³/mol. The zero-order valence-electron chi connectivity index (χ0n) is 13.1. The van der Waals surface area contributed by atoms with E-state index < -0.39 is 0 Å². The van der Waals surface area contributed by atoms with Crippen molar-refractivity contribution in [3.8, 4) is 0 Å². The molecule has 1 amide bonds. The third-order valence-electron chi connectivity index (χ3n) is 4.35. The van der Waals surface area contributed by atoms with Gasteiger partial charge in [-0.25, -0.2) is 4.98 Å². The minimum atomic E-state index is -0.00986. The lowest BCUT2D eigenvalue weighted by atomic mass is 10.2. The number of carbonyl (C=O) groups excluding carboxylic acids is 1. The van der Waals surface area contributed by atoms with Crippen molar-refractivity contribution in [1.29, 1.82) is 0 Å². The number of nitrogens with zero attached hydrogens (tertiary/aromatic N) is 2. The molecule has 1 saturated carbocycles. The molecule has 0 atom stereocenters. The molecule has 0 radical (unpaired) electrons.